The van der Waals surface area contributed by atoms with Gasteiger partial charge in [0.25, 0.3) is 0 Å². The van der Waals surface area contributed by atoms with Crippen LogP contribution in [0.15, 0.2) is 84.9 Å². The highest BCUT2D eigenvalue weighted by Gasteiger charge is 2.12. The third-order valence-corrected chi connectivity index (χ3v) is 9.65. The molecular weight excluding hydrogens is 398 g/mol. The lowest BCUT2D eigenvalue weighted by molar-refractivity contribution is 0.365. The monoisotopic (exact) mass is 425 g/mol. The van der Waals surface area contributed by atoms with E-state index in [9.17, 15) is 5.11 Å². The fourth-order valence-corrected chi connectivity index (χ4v) is 6.94. The molecule has 3 aromatic carbocycles. The van der Waals surface area contributed by atoms with Crippen LogP contribution in [0.5, 0.6) is 0 Å². The molecule has 4 heteroatoms. The molecule has 0 amide bonds. The number of hydrogen-bond donors (Lipinski definition) is 1. The first-order chi connectivity index (χ1) is 14.7. The van der Waals surface area contributed by atoms with Crippen molar-refractivity contribution < 1.29 is 5.11 Å². The first-order valence-electron chi connectivity index (χ1n) is 10.1. The standard InChI is InChI=1S/C26H27NOSi2/c1-27(2)21-29(25-13-5-3-6-14-25)19-17-23-11-9-10-12-24(23)18-20-30(22-28)26-15-7-4-8-16-26/h3-16,28-30H,21-22H2,1-2H3. The Morgan fingerprint density at radius 3 is 1.57 bits per heavy atom. The third-order valence-electron chi connectivity index (χ3n) is 4.82. The maximum Gasteiger partial charge on any atom is 0.179 e. The second-order valence-electron chi connectivity index (χ2n) is 7.46. The molecule has 0 saturated carbocycles. The van der Waals surface area contributed by atoms with E-state index in [4.69, 9.17) is 0 Å². The summed E-state index contributed by atoms with van der Waals surface area (Å²) in [5.41, 5.74) is 8.88. The molecule has 3 rings (SSSR count). The SMILES string of the molecule is CN(C)C[SiH](C#Cc1ccccc1C#C[SiH](CO)c1ccccc1)c1ccccc1. The summed E-state index contributed by atoms with van der Waals surface area (Å²) in [4.78, 5) is 2.22. The normalized spacial score (nSPS) is 12.3. The van der Waals surface area contributed by atoms with Crippen molar-refractivity contribution in [3.05, 3.63) is 96.1 Å². The third kappa shape index (κ3) is 6.32. The maximum absolute atomic E-state index is 9.85. The van der Waals surface area contributed by atoms with Crippen molar-refractivity contribution in [1.82, 2.24) is 4.90 Å². The van der Waals surface area contributed by atoms with E-state index in [1.54, 1.807) is 0 Å². The molecule has 0 spiro atoms. The quantitative estimate of drug-likeness (QED) is 0.493. The smallest absolute Gasteiger partial charge is 0.179 e. The van der Waals surface area contributed by atoms with Crippen LogP contribution in [0.25, 0.3) is 0 Å². The molecule has 0 radical (unpaired) electrons. The molecule has 0 heterocycles. The Morgan fingerprint density at radius 1 is 0.667 bits per heavy atom. The molecule has 2 nitrogen and oxygen atoms in total. The Hall–Kier alpha value is -2.87. The van der Waals surface area contributed by atoms with Crippen LogP contribution in [-0.2, 0) is 0 Å². The summed E-state index contributed by atoms with van der Waals surface area (Å²) in [5, 5.41) is 12.4. The van der Waals surface area contributed by atoms with Gasteiger partial charge < -0.3 is 10.0 Å². The van der Waals surface area contributed by atoms with E-state index in [2.05, 4.69) is 84.4 Å². The number of benzene rings is 3. The molecule has 1 N–H and O–H groups in total. The zero-order valence-corrected chi connectivity index (χ0v) is 19.9. The molecule has 2 atom stereocenters. The Labute approximate surface area is 183 Å². The summed E-state index contributed by atoms with van der Waals surface area (Å²) in [6, 6.07) is 28.8. The fraction of sp³-hybridized carbons (Fsp3) is 0.154. The van der Waals surface area contributed by atoms with Crippen molar-refractivity contribution in [2.75, 3.05) is 26.5 Å². The Morgan fingerprint density at radius 2 is 1.10 bits per heavy atom. The molecule has 0 aliphatic rings. The molecule has 0 aliphatic heterocycles. The summed E-state index contributed by atoms with van der Waals surface area (Å²) >= 11 is 0. The van der Waals surface area contributed by atoms with E-state index in [0.29, 0.717) is 0 Å². The van der Waals surface area contributed by atoms with Crippen LogP contribution in [0.2, 0.25) is 0 Å². The number of hydrogen-bond acceptors (Lipinski definition) is 2. The molecule has 150 valence electrons. The van der Waals surface area contributed by atoms with Crippen LogP contribution in [0.3, 0.4) is 0 Å². The van der Waals surface area contributed by atoms with Crippen LogP contribution in [0.1, 0.15) is 11.1 Å². The van der Waals surface area contributed by atoms with E-state index in [1.165, 1.54) is 10.4 Å². The minimum absolute atomic E-state index is 0.136. The van der Waals surface area contributed by atoms with Crippen LogP contribution < -0.4 is 10.4 Å². The van der Waals surface area contributed by atoms with Crippen LogP contribution in [0, 0.1) is 22.9 Å². The van der Waals surface area contributed by atoms with Crippen molar-refractivity contribution in [2.45, 2.75) is 0 Å². The first kappa shape index (κ1) is 21.8. The van der Waals surface area contributed by atoms with E-state index in [0.717, 1.165) is 17.3 Å². The topological polar surface area (TPSA) is 23.5 Å². The number of aliphatic hydroxyl groups is 1. The van der Waals surface area contributed by atoms with E-state index in [-0.39, 0.29) is 6.23 Å². The lowest BCUT2D eigenvalue weighted by atomic mass is 10.1. The lowest BCUT2D eigenvalue weighted by Crippen LogP contribution is -2.39. The van der Waals surface area contributed by atoms with E-state index in [1.807, 2.05) is 42.5 Å². The molecule has 3 aromatic rings. The van der Waals surface area contributed by atoms with Crippen molar-refractivity contribution in [3.63, 3.8) is 0 Å². The van der Waals surface area contributed by atoms with Crippen molar-refractivity contribution in [2.24, 2.45) is 0 Å². The molecule has 0 aliphatic carbocycles. The average molecular weight is 426 g/mol. The second-order valence-corrected chi connectivity index (χ2v) is 12.3. The summed E-state index contributed by atoms with van der Waals surface area (Å²) in [7, 11) is 1.04. The van der Waals surface area contributed by atoms with Gasteiger partial charge in [-0.3, -0.25) is 0 Å². The Bertz CT molecular complexity index is 1060. The summed E-state index contributed by atoms with van der Waals surface area (Å²) in [6.07, 6.45) is 1.13. The summed E-state index contributed by atoms with van der Waals surface area (Å²) in [6.45, 7) is 0. The Balaban J connectivity index is 1.89. The maximum atomic E-state index is 9.85. The fourth-order valence-electron chi connectivity index (χ4n) is 3.24. The largest absolute Gasteiger partial charge is 0.398 e. The molecule has 0 aromatic heterocycles. The highest BCUT2D eigenvalue weighted by atomic mass is 28.3. The lowest BCUT2D eigenvalue weighted by Gasteiger charge is -2.15. The van der Waals surface area contributed by atoms with Gasteiger partial charge in [0.2, 0.25) is 0 Å². The average Bonchev–Trinajstić information content (AvgIpc) is 2.79. The predicted octanol–water partition coefficient (Wildman–Crippen LogP) is 1.37. The van der Waals surface area contributed by atoms with Gasteiger partial charge in [0.05, 0.1) is 0 Å². The Kier molecular flexibility index (Phi) is 8.26. The highest BCUT2D eigenvalue weighted by molar-refractivity contribution is 6.81. The van der Waals surface area contributed by atoms with Gasteiger partial charge in [0.1, 0.15) is 0 Å². The molecular formula is C26H27NOSi2. The predicted molar refractivity (Wildman–Crippen MR) is 132 cm³/mol. The zero-order valence-electron chi connectivity index (χ0n) is 17.5. The van der Waals surface area contributed by atoms with Crippen LogP contribution in [-0.4, -0.2) is 54.1 Å². The molecule has 30 heavy (non-hydrogen) atoms. The van der Waals surface area contributed by atoms with Crippen molar-refractivity contribution >= 4 is 28.0 Å². The number of rotatable bonds is 5. The van der Waals surface area contributed by atoms with Crippen LogP contribution >= 0.6 is 0 Å². The highest BCUT2D eigenvalue weighted by Crippen LogP contribution is 2.06. The minimum Gasteiger partial charge on any atom is -0.398 e. The molecule has 0 bridgehead atoms. The first-order valence-corrected chi connectivity index (χ1v) is 14.1. The minimum atomic E-state index is -1.72. The zero-order chi connectivity index (χ0) is 21.2. The van der Waals surface area contributed by atoms with E-state index < -0.39 is 17.6 Å². The van der Waals surface area contributed by atoms with Gasteiger partial charge in [-0.2, -0.15) is 0 Å². The van der Waals surface area contributed by atoms with Gasteiger partial charge in [-0.1, -0.05) is 84.6 Å². The van der Waals surface area contributed by atoms with Crippen LogP contribution in [0.4, 0.5) is 0 Å². The number of nitrogens with zero attached hydrogens (tertiary/aromatic N) is 1. The number of aliphatic hydroxyl groups excluding tert-OH is 1. The van der Waals surface area contributed by atoms with Gasteiger partial charge in [-0.05, 0) is 36.6 Å². The van der Waals surface area contributed by atoms with Gasteiger partial charge in [0, 0.05) is 23.5 Å². The van der Waals surface area contributed by atoms with Gasteiger partial charge in [0.15, 0.2) is 17.6 Å². The summed E-state index contributed by atoms with van der Waals surface area (Å²) < 4.78 is 0. The van der Waals surface area contributed by atoms with Crippen molar-refractivity contribution in [3.8, 4) is 22.9 Å². The van der Waals surface area contributed by atoms with Crippen molar-refractivity contribution in [1.29, 1.82) is 0 Å². The second kappa shape index (κ2) is 11.4. The molecule has 0 fully saturated rings. The van der Waals surface area contributed by atoms with Gasteiger partial charge in [-0.15, -0.1) is 11.1 Å². The van der Waals surface area contributed by atoms with Gasteiger partial charge in [-0.25, -0.2) is 0 Å². The summed E-state index contributed by atoms with van der Waals surface area (Å²) in [5.74, 6) is 6.76. The molecule has 0 saturated heterocycles. The van der Waals surface area contributed by atoms with Gasteiger partial charge >= 0.3 is 0 Å². The molecule has 2 unspecified atom stereocenters. The van der Waals surface area contributed by atoms with E-state index >= 15 is 0 Å².